The maximum absolute atomic E-state index is 10.1. The van der Waals surface area contributed by atoms with Crippen molar-refractivity contribution in [3.05, 3.63) is 20.3 Å². The number of halogens is 2. The molecule has 1 saturated heterocycles. The van der Waals surface area contributed by atoms with Gasteiger partial charge in [0.1, 0.15) is 29.6 Å². The molecule has 1 aliphatic heterocycles. The van der Waals surface area contributed by atoms with Crippen molar-refractivity contribution in [3.8, 4) is 0 Å². The molecule has 2 N–H and O–H groups in total. The minimum Gasteiger partial charge on any atom is -0.544 e. The first-order valence-electron chi connectivity index (χ1n) is 5.53. The van der Waals surface area contributed by atoms with E-state index in [1.54, 1.807) is 0 Å². The van der Waals surface area contributed by atoms with E-state index in [0.717, 1.165) is 24.4 Å². The number of rotatable bonds is 1. The van der Waals surface area contributed by atoms with Crippen molar-refractivity contribution in [3.63, 3.8) is 0 Å². The van der Waals surface area contributed by atoms with E-state index >= 15 is 0 Å². The molecule has 1 aliphatic rings. The number of hydrogen-bond acceptors (Lipinski definition) is 4. The lowest BCUT2D eigenvalue weighted by Crippen LogP contribution is -2.90. The average molecular weight is 312 g/mol. The molecule has 7 heteroatoms. The van der Waals surface area contributed by atoms with Crippen LogP contribution in [0.5, 0.6) is 0 Å². The van der Waals surface area contributed by atoms with Crippen molar-refractivity contribution < 1.29 is 20.0 Å². The molecule has 2 rings (SSSR count). The molecule has 2 unspecified atom stereocenters. The minimum atomic E-state index is -1.25. The SMILES string of the molecule is CC1C[NH2+]CC(C)O1.O=C([O-])c1cc(Cl)c(Cl)s1. The van der Waals surface area contributed by atoms with Gasteiger partial charge < -0.3 is 20.0 Å². The summed E-state index contributed by atoms with van der Waals surface area (Å²) >= 11 is 11.8. The second kappa shape index (κ2) is 7.31. The Kier molecular flexibility index (Phi) is 6.38. The van der Waals surface area contributed by atoms with Crippen molar-refractivity contribution in [1.82, 2.24) is 0 Å². The van der Waals surface area contributed by atoms with Gasteiger partial charge in [-0.05, 0) is 19.9 Å². The van der Waals surface area contributed by atoms with Crippen molar-refractivity contribution in [1.29, 1.82) is 0 Å². The predicted octanol–water partition coefficient (Wildman–Crippen LogP) is 0.775. The van der Waals surface area contributed by atoms with Crippen molar-refractivity contribution in [2.24, 2.45) is 0 Å². The normalized spacial score (nSPS) is 23.1. The first-order valence-corrected chi connectivity index (χ1v) is 7.10. The Morgan fingerprint density at radius 1 is 1.44 bits per heavy atom. The van der Waals surface area contributed by atoms with E-state index in [1.807, 2.05) is 0 Å². The second-order valence-electron chi connectivity index (χ2n) is 4.04. The van der Waals surface area contributed by atoms with Crippen LogP contribution in [0.3, 0.4) is 0 Å². The van der Waals surface area contributed by atoms with E-state index in [1.165, 1.54) is 6.07 Å². The van der Waals surface area contributed by atoms with Crippen LogP contribution >= 0.6 is 34.5 Å². The van der Waals surface area contributed by atoms with E-state index in [9.17, 15) is 9.90 Å². The zero-order chi connectivity index (χ0) is 13.7. The Labute approximate surface area is 120 Å². The van der Waals surface area contributed by atoms with Gasteiger partial charge in [-0.15, -0.1) is 11.3 Å². The third kappa shape index (κ3) is 5.12. The maximum atomic E-state index is 10.1. The molecule has 2 atom stereocenters. The Balaban J connectivity index is 0.000000184. The summed E-state index contributed by atoms with van der Waals surface area (Å²) in [5.41, 5.74) is 0. The molecule has 0 radical (unpaired) electrons. The molecule has 0 aromatic carbocycles. The molecular weight excluding hydrogens is 297 g/mol. The Hall–Kier alpha value is -0.330. The lowest BCUT2D eigenvalue weighted by atomic mass is 10.3. The molecule has 0 amide bonds. The monoisotopic (exact) mass is 311 g/mol. The molecule has 18 heavy (non-hydrogen) atoms. The number of carbonyl (C=O) groups is 1. The largest absolute Gasteiger partial charge is 0.544 e. The van der Waals surface area contributed by atoms with Crippen molar-refractivity contribution in [2.75, 3.05) is 13.1 Å². The molecule has 0 spiro atoms. The molecule has 0 bridgehead atoms. The van der Waals surface area contributed by atoms with Crippen LogP contribution in [0.25, 0.3) is 0 Å². The smallest absolute Gasteiger partial charge is 0.112 e. The van der Waals surface area contributed by atoms with Gasteiger partial charge in [-0.2, -0.15) is 0 Å². The first-order chi connectivity index (χ1) is 8.40. The van der Waals surface area contributed by atoms with Gasteiger partial charge in [-0.3, -0.25) is 0 Å². The fourth-order valence-electron chi connectivity index (χ4n) is 1.52. The van der Waals surface area contributed by atoms with Gasteiger partial charge in [-0.25, -0.2) is 0 Å². The van der Waals surface area contributed by atoms with E-state index < -0.39 is 5.97 Å². The summed E-state index contributed by atoms with van der Waals surface area (Å²) in [6, 6.07) is 1.27. The Morgan fingerprint density at radius 3 is 2.22 bits per heavy atom. The average Bonchev–Trinajstić information content (AvgIpc) is 2.60. The standard InChI is InChI=1S/C6H13NO.C5H2Cl2O2S/c1-5-3-7-4-6(2)8-5;6-2-1-3(5(8)9)10-4(2)7/h5-7H,3-4H2,1-2H3;1H,(H,8,9). The third-order valence-electron chi connectivity index (χ3n) is 2.31. The maximum Gasteiger partial charge on any atom is 0.112 e. The molecule has 2 heterocycles. The number of morpholine rings is 1. The number of ether oxygens (including phenoxy) is 1. The van der Waals surface area contributed by atoms with Crippen LogP contribution in [0.1, 0.15) is 23.5 Å². The predicted molar refractivity (Wildman–Crippen MR) is 70.3 cm³/mol. The van der Waals surface area contributed by atoms with Crippen LogP contribution in [0.4, 0.5) is 0 Å². The van der Waals surface area contributed by atoms with Gasteiger partial charge in [-0.1, -0.05) is 23.2 Å². The summed E-state index contributed by atoms with van der Waals surface area (Å²) in [7, 11) is 0. The number of hydrogen-bond donors (Lipinski definition) is 1. The Morgan fingerprint density at radius 2 is 2.00 bits per heavy atom. The van der Waals surface area contributed by atoms with Crippen LogP contribution in [-0.2, 0) is 4.74 Å². The molecule has 4 nitrogen and oxygen atoms in total. The number of carboxylic acids is 1. The highest BCUT2D eigenvalue weighted by Gasteiger charge is 2.16. The number of thiophene rings is 1. The molecule has 1 fully saturated rings. The number of quaternary nitrogens is 1. The molecule has 0 aliphatic carbocycles. The van der Waals surface area contributed by atoms with Crippen LogP contribution in [0.2, 0.25) is 9.36 Å². The number of aromatic carboxylic acids is 1. The highest BCUT2D eigenvalue weighted by Crippen LogP contribution is 2.30. The first kappa shape index (κ1) is 15.7. The lowest BCUT2D eigenvalue weighted by molar-refractivity contribution is -0.683. The summed E-state index contributed by atoms with van der Waals surface area (Å²) in [5, 5.41) is 12.7. The van der Waals surface area contributed by atoms with Gasteiger partial charge in [0.15, 0.2) is 0 Å². The van der Waals surface area contributed by atoms with Gasteiger partial charge >= 0.3 is 0 Å². The van der Waals surface area contributed by atoms with Crippen LogP contribution in [-0.4, -0.2) is 31.3 Å². The van der Waals surface area contributed by atoms with Gasteiger partial charge in [0.2, 0.25) is 0 Å². The van der Waals surface area contributed by atoms with E-state index in [4.69, 9.17) is 27.9 Å². The lowest BCUT2D eigenvalue weighted by Gasteiger charge is -2.22. The van der Waals surface area contributed by atoms with Crippen LogP contribution in [0, 0.1) is 0 Å². The number of nitrogens with two attached hydrogens (primary N) is 1. The molecule has 102 valence electrons. The summed E-state index contributed by atoms with van der Waals surface area (Å²) < 4.78 is 5.73. The van der Waals surface area contributed by atoms with E-state index in [0.29, 0.717) is 12.2 Å². The fraction of sp³-hybridized carbons (Fsp3) is 0.545. The molecule has 0 saturated carbocycles. The van der Waals surface area contributed by atoms with Gasteiger partial charge in [0.25, 0.3) is 0 Å². The van der Waals surface area contributed by atoms with E-state index in [-0.39, 0.29) is 14.2 Å². The zero-order valence-corrected chi connectivity index (χ0v) is 12.4. The molecule has 1 aromatic heterocycles. The summed E-state index contributed by atoms with van der Waals surface area (Å²) in [5.74, 6) is -1.25. The summed E-state index contributed by atoms with van der Waals surface area (Å²) in [6.45, 7) is 6.49. The number of carboxylic acid groups (broad SMARTS) is 1. The highest BCUT2D eigenvalue weighted by atomic mass is 35.5. The fourth-order valence-corrected chi connectivity index (χ4v) is 2.72. The zero-order valence-electron chi connectivity index (χ0n) is 10.1. The summed E-state index contributed by atoms with van der Waals surface area (Å²) in [4.78, 5) is 10.2. The second-order valence-corrected chi connectivity index (χ2v) is 6.10. The minimum absolute atomic E-state index is 0.0509. The summed E-state index contributed by atoms with van der Waals surface area (Å²) in [6.07, 6.45) is 0.914. The van der Waals surface area contributed by atoms with Crippen molar-refractivity contribution in [2.45, 2.75) is 26.1 Å². The van der Waals surface area contributed by atoms with Gasteiger partial charge in [0.05, 0.1) is 15.9 Å². The third-order valence-corrected chi connectivity index (χ3v) is 4.15. The van der Waals surface area contributed by atoms with Crippen molar-refractivity contribution >= 4 is 40.5 Å². The molecular formula is C11H15Cl2NO3S. The number of carbonyl (C=O) groups excluding carboxylic acids is 1. The van der Waals surface area contributed by atoms with E-state index in [2.05, 4.69) is 19.2 Å². The van der Waals surface area contributed by atoms with Crippen LogP contribution < -0.4 is 10.4 Å². The highest BCUT2D eigenvalue weighted by molar-refractivity contribution is 7.18. The van der Waals surface area contributed by atoms with Crippen LogP contribution in [0.15, 0.2) is 6.07 Å². The topological polar surface area (TPSA) is 66.0 Å². The quantitative estimate of drug-likeness (QED) is 0.833. The Bertz CT molecular complexity index is 383. The van der Waals surface area contributed by atoms with Gasteiger partial charge in [0, 0.05) is 0 Å². The molecule has 1 aromatic rings.